The van der Waals surface area contributed by atoms with Crippen LogP contribution in [0, 0.1) is 17.7 Å². The zero-order valence-corrected chi connectivity index (χ0v) is 11.9. The van der Waals surface area contributed by atoms with Crippen molar-refractivity contribution in [2.24, 2.45) is 11.8 Å². The second kappa shape index (κ2) is 5.17. The second-order valence-electron chi connectivity index (χ2n) is 5.97. The van der Waals surface area contributed by atoms with Gasteiger partial charge >= 0.3 is 0 Å². The first-order valence-corrected chi connectivity index (χ1v) is 7.30. The lowest BCUT2D eigenvalue weighted by Crippen LogP contribution is -2.42. The Kier molecular flexibility index (Phi) is 3.50. The van der Waals surface area contributed by atoms with Crippen LogP contribution in [0.3, 0.4) is 0 Å². The summed E-state index contributed by atoms with van der Waals surface area (Å²) in [6.07, 6.45) is 1.15. The third kappa shape index (κ3) is 2.12. The van der Waals surface area contributed by atoms with Crippen LogP contribution in [0.5, 0.6) is 0 Å². The average molecular weight is 277 g/mol. The first-order valence-electron chi connectivity index (χ1n) is 7.30. The molecule has 4 heteroatoms. The van der Waals surface area contributed by atoms with Gasteiger partial charge in [-0.2, -0.15) is 0 Å². The van der Waals surface area contributed by atoms with Crippen LogP contribution in [0.2, 0.25) is 0 Å². The molecule has 0 aromatic heterocycles. The summed E-state index contributed by atoms with van der Waals surface area (Å²) in [5.74, 6) is 0.456. The minimum atomic E-state index is -0.371. The van der Waals surface area contributed by atoms with Crippen molar-refractivity contribution in [1.82, 2.24) is 0 Å². The molecule has 3 nitrogen and oxygen atoms in total. The summed E-state index contributed by atoms with van der Waals surface area (Å²) >= 11 is 0. The van der Waals surface area contributed by atoms with E-state index in [4.69, 9.17) is 4.74 Å². The highest BCUT2D eigenvalue weighted by molar-refractivity contribution is 5.98. The van der Waals surface area contributed by atoms with E-state index in [9.17, 15) is 9.18 Å². The number of carbonyl (C=O) groups is 1. The number of halogens is 1. The number of amides is 1. The second-order valence-corrected chi connectivity index (χ2v) is 5.97. The third-order valence-corrected chi connectivity index (χ3v) is 4.47. The maximum absolute atomic E-state index is 13.7. The minimum Gasteiger partial charge on any atom is -0.368 e. The number of benzene rings is 1. The van der Waals surface area contributed by atoms with E-state index in [1.54, 1.807) is 11.0 Å². The van der Waals surface area contributed by atoms with Gasteiger partial charge < -0.3 is 9.64 Å². The first-order chi connectivity index (χ1) is 9.59. The van der Waals surface area contributed by atoms with Crippen LogP contribution in [-0.4, -0.2) is 25.2 Å². The van der Waals surface area contributed by atoms with E-state index in [2.05, 4.69) is 13.8 Å². The molecule has 2 heterocycles. The Balaban J connectivity index is 1.85. The maximum atomic E-state index is 13.7. The molecule has 0 unspecified atom stereocenters. The molecule has 2 atom stereocenters. The van der Waals surface area contributed by atoms with Gasteiger partial charge in [-0.25, -0.2) is 4.39 Å². The van der Waals surface area contributed by atoms with Crippen LogP contribution in [0.1, 0.15) is 25.8 Å². The summed E-state index contributed by atoms with van der Waals surface area (Å²) < 4.78 is 19.4. The van der Waals surface area contributed by atoms with Crippen LogP contribution in [-0.2, 0) is 16.0 Å². The molecule has 20 heavy (non-hydrogen) atoms. The van der Waals surface area contributed by atoms with Crippen molar-refractivity contribution in [3.8, 4) is 0 Å². The molecule has 2 aliphatic heterocycles. The molecule has 0 aliphatic carbocycles. The van der Waals surface area contributed by atoms with Crippen LogP contribution in [0.15, 0.2) is 18.2 Å². The van der Waals surface area contributed by atoms with Crippen molar-refractivity contribution in [3.05, 3.63) is 29.6 Å². The number of ether oxygens (including phenoxy) is 1. The molecule has 1 fully saturated rings. The summed E-state index contributed by atoms with van der Waals surface area (Å²) in [5.41, 5.74) is 1.37. The number of anilines is 1. The van der Waals surface area contributed by atoms with Gasteiger partial charge in [0, 0.05) is 24.4 Å². The predicted molar refractivity (Wildman–Crippen MR) is 75.1 cm³/mol. The number of carbonyl (C=O) groups excluding carboxylic acids is 1. The Hall–Kier alpha value is -1.42. The van der Waals surface area contributed by atoms with Gasteiger partial charge in [-0.15, -0.1) is 0 Å². The van der Waals surface area contributed by atoms with Gasteiger partial charge in [0.05, 0.1) is 0 Å². The molecule has 0 N–H and O–H groups in total. The van der Waals surface area contributed by atoms with Crippen molar-refractivity contribution in [1.29, 1.82) is 0 Å². The normalized spacial score (nSPS) is 25.3. The van der Waals surface area contributed by atoms with Crippen molar-refractivity contribution in [3.63, 3.8) is 0 Å². The molecule has 3 rings (SSSR count). The molecule has 1 aromatic carbocycles. The van der Waals surface area contributed by atoms with Gasteiger partial charge in [0.2, 0.25) is 0 Å². The van der Waals surface area contributed by atoms with E-state index in [1.807, 2.05) is 6.07 Å². The minimum absolute atomic E-state index is 0.00875. The summed E-state index contributed by atoms with van der Waals surface area (Å²) in [6.45, 7) is 5.44. The van der Waals surface area contributed by atoms with Gasteiger partial charge in [-0.05, 0) is 36.8 Å². The zero-order valence-electron chi connectivity index (χ0n) is 11.9. The van der Waals surface area contributed by atoms with Gasteiger partial charge in [-0.1, -0.05) is 19.9 Å². The van der Waals surface area contributed by atoms with Crippen LogP contribution < -0.4 is 4.90 Å². The van der Waals surface area contributed by atoms with Gasteiger partial charge in [0.1, 0.15) is 11.9 Å². The van der Waals surface area contributed by atoms with E-state index in [0.717, 1.165) is 6.42 Å². The highest BCUT2D eigenvalue weighted by Crippen LogP contribution is 2.34. The Bertz CT molecular complexity index is 529. The van der Waals surface area contributed by atoms with E-state index >= 15 is 0 Å². The molecule has 2 aliphatic rings. The summed E-state index contributed by atoms with van der Waals surface area (Å²) in [4.78, 5) is 14.4. The molecule has 1 saturated heterocycles. The monoisotopic (exact) mass is 277 g/mol. The molecular formula is C16H20FNO2. The van der Waals surface area contributed by atoms with E-state index < -0.39 is 0 Å². The van der Waals surface area contributed by atoms with Gasteiger partial charge in [0.25, 0.3) is 5.91 Å². The Labute approximate surface area is 118 Å². The average Bonchev–Trinajstić information content (AvgIpc) is 3.05. The summed E-state index contributed by atoms with van der Waals surface area (Å²) in [6, 6.07) is 4.94. The Morgan fingerprint density at radius 3 is 3.00 bits per heavy atom. The van der Waals surface area contributed by atoms with Gasteiger partial charge in [-0.3, -0.25) is 4.79 Å². The molecule has 0 spiro atoms. The molecule has 0 radical (unpaired) electrons. The third-order valence-electron chi connectivity index (χ3n) is 4.47. The van der Waals surface area contributed by atoms with Crippen molar-refractivity contribution >= 4 is 11.6 Å². The van der Waals surface area contributed by atoms with Crippen LogP contribution in [0.25, 0.3) is 0 Å². The fraction of sp³-hybridized carbons (Fsp3) is 0.562. The van der Waals surface area contributed by atoms with E-state index in [1.165, 1.54) is 6.07 Å². The SMILES string of the molecule is CC(C)[C@H]1CCO[C@H]1C(=O)N1CCc2c(F)cccc21. The number of hydrogen-bond donors (Lipinski definition) is 0. The summed E-state index contributed by atoms with van der Waals surface area (Å²) in [7, 11) is 0. The smallest absolute Gasteiger partial charge is 0.256 e. The van der Waals surface area contributed by atoms with Crippen molar-refractivity contribution < 1.29 is 13.9 Å². The molecule has 0 bridgehead atoms. The first kappa shape index (κ1) is 13.6. The van der Waals surface area contributed by atoms with E-state index in [0.29, 0.717) is 36.7 Å². The highest BCUT2D eigenvalue weighted by Gasteiger charge is 2.40. The highest BCUT2D eigenvalue weighted by atomic mass is 19.1. The molecule has 0 saturated carbocycles. The quantitative estimate of drug-likeness (QED) is 0.832. The maximum Gasteiger partial charge on any atom is 0.256 e. The van der Waals surface area contributed by atoms with Crippen LogP contribution >= 0.6 is 0 Å². The van der Waals surface area contributed by atoms with Crippen LogP contribution in [0.4, 0.5) is 10.1 Å². The Morgan fingerprint density at radius 2 is 2.25 bits per heavy atom. The van der Waals surface area contributed by atoms with Crippen molar-refractivity contribution in [2.45, 2.75) is 32.8 Å². The molecule has 1 aromatic rings. The number of rotatable bonds is 2. The predicted octanol–water partition coefficient (Wildman–Crippen LogP) is 2.78. The standard InChI is InChI=1S/C16H20FNO2/c1-10(2)11-7-9-20-15(11)16(19)18-8-6-12-13(17)4-3-5-14(12)18/h3-5,10-11,15H,6-9H2,1-2H3/t11-,15-/m1/s1. The largest absolute Gasteiger partial charge is 0.368 e. The fourth-order valence-electron chi connectivity index (χ4n) is 3.32. The van der Waals surface area contributed by atoms with Crippen molar-refractivity contribution in [2.75, 3.05) is 18.1 Å². The van der Waals surface area contributed by atoms with E-state index in [-0.39, 0.29) is 23.7 Å². The topological polar surface area (TPSA) is 29.5 Å². The Morgan fingerprint density at radius 1 is 1.45 bits per heavy atom. The molecule has 108 valence electrons. The number of fused-ring (bicyclic) bond motifs is 1. The zero-order chi connectivity index (χ0) is 14.3. The lowest BCUT2D eigenvalue weighted by molar-refractivity contribution is -0.129. The lowest BCUT2D eigenvalue weighted by atomic mass is 9.89. The fourth-order valence-corrected chi connectivity index (χ4v) is 3.32. The molecule has 1 amide bonds. The van der Waals surface area contributed by atoms with Gasteiger partial charge in [0.15, 0.2) is 0 Å². The lowest BCUT2D eigenvalue weighted by Gasteiger charge is -2.26. The molecular weight excluding hydrogens is 257 g/mol. The summed E-state index contributed by atoms with van der Waals surface area (Å²) in [5, 5.41) is 0. The number of hydrogen-bond acceptors (Lipinski definition) is 2. The number of nitrogens with zero attached hydrogens (tertiary/aromatic N) is 1.